The van der Waals surface area contributed by atoms with Gasteiger partial charge in [-0.1, -0.05) is 24.3 Å². The van der Waals surface area contributed by atoms with Crippen molar-refractivity contribution in [3.63, 3.8) is 0 Å². The highest BCUT2D eigenvalue weighted by Crippen LogP contribution is 2.20. The molecule has 1 atom stereocenters. The summed E-state index contributed by atoms with van der Waals surface area (Å²) in [6.07, 6.45) is 4.31. The molecule has 122 valence electrons. The first kappa shape index (κ1) is 16.1. The van der Waals surface area contributed by atoms with Gasteiger partial charge in [0, 0.05) is 31.4 Å². The predicted octanol–water partition coefficient (Wildman–Crippen LogP) is 1.96. The van der Waals surface area contributed by atoms with Crippen LogP contribution in [0.3, 0.4) is 0 Å². The molecule has 1 saturated heterocycles. The number of benzene rings is 1. The molecule has 1 aliphatic heterocycles. The first-order valence-corrected chi connectivity index (χ1v) is 9.12. The van der Waals surface area contributed by atoms with E-state index >= 15 is 0 Å². The van der Waals surface area contributed by atoms with Crippen molar-refractivity contribution in [1.29, 1.82) is 0 Å². The van der Waals surface area contributed by atoms with E-state index < -0.39 is 10.0 Å². The van der Waals surface area contributed by atoms with E-state index in [1.807, 2.05) is 24.4 Å². The third-order valence-electron chi connectivity index (χ3n) is 3.93. The smallest absolute Gasteiger partial charge is 0.243 e. The van der Waals surface area contributed by atoms with Crippen LogP contribution in [-0.4, -0.2) is 44.0 Å². The van der Waals surface area contributed by atoms with Gasteiger partial charge in [0.05, 0.1) is 18.1 Å². The summed E-state index contributed by atoms with van der Waals surface area (Å²) in [6.45, 7) is 1.85. The third-order valence-corrected chi connectivity index (χ3v) is 5.81. The van der Waals surface area contributed by atoms with Crippen LogP contribution in [0.5, 0.6) is 0 Å². The van der Waals surface area contributed by atoms with Gasteiger partial charge in [-0.2, -0.15) is 4.31 Å². The van der Waals surface area contributed by atoms with E-state index in [0.29, 0.717) is 31.2 Å². The Labute approximate surface area is 137 Å². The van der Waals surface area contributed by atoms with E-state index in [1.165, 1.54) is 4.31 Å². The normalized spacial score (nSPS) is 20.1. The van der Waals surface area contributed by atoms with E-state index in [1.54, 1.807) is 30.5 Å². The Kier molecular flexibility index (Phi) is 5.05. The van der Waals surface area contributed by atoms with Crippen molar-refractivity contribution in [3.05, 3.63) is 60.4 Å². The summed E-state index contributed by atoms with van der Waals surface area (Å²) >= 11 is 0. The van der Waals surface area contributed by atoms with Gasteiger partial charge in [0.15, 0.2) is 0 Å². The molecule has 0 amide bonds. The molecule has 23 heavy (non-hydrogen) atoms. The maximum atomic E-state index is 12.8. The lowest BCUT2D eigenvalue weighted by Crippen LogP contribution is -2.36. The molecule has 0 saturated carbocycles. The lowest BCUT2D eigenvalue weighted by Gasteiger charge is -2.23. The predicted molar refractivity (Wildman–Crippen MR) is 87.5 cm³/mol. The van der Waals surface area contributed by atoms with Gasteiger partial charge >= 0.3 is 0 Å². The van der Waals surface area contributed by atoms with Gasteiger partial charge < -0.3 is 4.74 Å². The number of ether oxygens (including phenoxy) is 1. The molecule has 0 bridgehead atoms. The van der Waals surface area contributed by atoms with E-state index in [2.05, 4.69) is 4.98 Å². The molecule has 0 radical (unpaired) electrons. The number of sulfonamides is 1. The average molecular weight is 332 g/mol. The molecule has 0 N–H and O–H groups in total. The first-order chi connectivity index (χ1) is 11.2. The van der Waals surface area contributed by atoms with Crippen molar-refractivity contribution >= 4 is 10.0 Å². The van der Waals surface area contributed by atoms with Crippen LogP contribution in [0.2, 0.25) is 0 Å². The quantitative estimate of drug-likeness (QED) is 0.859. The zero-order valence-corrected chi connectivity index (χ0v) is 13.7. The number of hydrogen-bond donors (Lipinski definition) is 0. The Morgan fingerprint density at radius 3 is 2.74 bits per heavy atom. The molecule has 2 heterocycles. The van der Waals surface area contributed by atoms with Gasteiger partial charge in [-0.3, -0.25) is 4.98 Å². The van der Waals surface area contributed by atoms with Crippen molar-refractivity contribution in [2.45, 2.75) is 11.3 Å². The zero-order valence-electron chi connectivity index (χ0n) is 12.8. The van der Waals surface area contributed by atoms with Crippen LogP contribution in [0.4, 0.5) is 0 Å². The molecule has 1 aromatic heterocycles. The fraction of sp³-hybridized carbons (Fsp3) is 0.353. The second kappa shape index (κ2) is 7.21. The van der Waals surface area contributed by atoms with Crippen LogP contribution in [0.1, 0.15) is 5.56 Å². The molecule has 5 nitrogen and oxygen atoms in total. The summed E-state index contributed by atoms with van der Waals surface area (Å²) in [5.74, 6) is 0.125. The van der Waals surface area contributed by atoms with Gasteiger partial charge in [-0.05, 0) is 30.2 Å². The third kappa shape index (κ3) is 3.96. The molecule has 1 fully saturated rings. The van der Waals surface area contributed by atoms with Gasteiger partial charge in [0.25, 0.3) is 0 Å². The summed E-state index contributed by atoms with van der Waals surface area (Å²) in [5.41, 5.74) is 1.10. The van der Waals surface area contributed by atoms with E-state index in [9.17, 15) is 8.42 Å². The minimum absolute atomic E-state index is 0.125. The van der Waals surface area contributed by atoms with Gasteiger partial charge in [0.2, 0.25) is 10.0 Å². The second-order valence-corrected chi connectivity index (χ2v) is 7.62. The fourth-order valence-corrected chi connectivity index (χ4v) is 4.31. The average Bonchev–Trinajstić information content (AvgIpc) is 2.83. The van der Waals surface area contributed by atoms with Crippen LogP contribution in [-0.2, 0) is 21.2 Å². The van der Waals surface area contributed by atoms with Crippen LogP contribution in [0.25, 0.3) is 0 Å². The molecule has 0 aliphatic carbocycles. The molecule has 0 spiro atoms. The lowest BCUT2D eigenvalue weighted by atomic mass is 10.0. The van der Waals surface area contributed by atoms with Crippen LogP contribution < -0.4 is 0 Å². The van der Waals surface area contributed by atoms with Crippen molar-refractivity contribution in [2.75, 3.05) is 26.3 Å². The lowest BCUT2D eigenvalue weighted by molar-refractivity contribution is 0.123. The Hall–Kier alpha value is -1.76. The van der Waals surface area contributed by atoms with E-state index in [0.717, 1.165) is 12.0 Å². The summed E-state index contributed by atoms with van der Waals surface area (Å²) in [7, 11) is -3.47. The minimum Gasteiger partial charge on any atom is -0.380 e. The van der Waals surface area contributed by atoms with Gasteiger partial charge in [-0.15, -0.1) is 0 Å². The SMILES string of the molecule is O=S(=O)(c1ccccc1)N1CCOCC(Cc2cccnc2)C1. The van der Waals surface area contributed by atoms with Gasteiger partial charge in [-0.25, -0.2) is 8.42 Å². The second-order valence-electron chi connectivity index (χ2n) is 5.68. The summed E-state index contributed by atoms with van der Waals surface area (Å²) in [6, 6.07) is 12.5. The maximum Gasteiger partial charge on any atom is 0.243 e. The van der Waals surface area contributed by atoms with Crippen molar-refractivity contribution in [1.82, 2.24) is 9.29 Å². The molecule has 6 heteroatoms. The molecule has 1 unspecified atom stereocenters. The highest BCUT2D eigenvalue weighted by molar-refractivity contribution is 7.89. The largest absolute Gasteiger partial charge is 0.380 e. The fourth-order valence-electron chi connectivity index (χ4n) is 2.78. The Morgan fingerprint density at radius 1 is 1.17 bits per heavy atom. The van der Waals surface area contributed by atoms with Crippen LogP contribution >= 0.6 is 0 Å². The molecule has 2 aromatic rings. The zero-order chi connectivity index (χ0) is 16.1. The Bertz CT molecular complexity index is 720. The molecule has 1 aliphatic rings. The minimum atomic E-state index is -3.47. The van der Waals surface area contributed by atoms with Crippen molar-refractivity contribution in [2.24, 2.45) is 5.92 Å². The van der Waals surface area contributed by atoms with Gasteiger partial charge in [0.1, 0.15) is 0 Å². The maximum absolute atomic E-state index is 12.8. The molecular formula is C17H20N2O3S. The number of aromatic nitrogens is 1. The standard InChI is InChI=1S/C17H20N2O3S/c20-23(21,17-6-2-1-3-7-17)19-9-10-22-14-16(13-19)11-15-5-4-8-18-12-15/h1-8,12,16H,9-11,13-14H2. The van der Waals surface area contributed by atoms with E-state index in [-0.39, 0.29) is 5.92 Å². The van der Waals surface area contributed by atoms with Crippen LogP contribution in [0, 0.1) is 5.92 Å². The molecule has 1 aromatic carbocycles. The van der Waals surface area contributed by atoms with Crippen molar-refractivity contribution in [3.8, 4) is 0 Å². The monoisotopic (exact) mass is 332 g/mol. The summed E-state index contributed by atoms with van der Waals surface area (Å²) in [4.78, 5) is 4.45. The highest BCUT2D eigenvalue weighted by atomic mass is 32.2. The topological polar surface area (TPSA) is 59.5 Å². The van der Waals surface area contributed by atoms with Crippen LogP contribution in [0.15, 0.2) is 59.8 Å². The summed E-state index contributed by atoms with van der Waals surface area (Å²) < 4.78 is 32.7. The number of hydrogen-bond acceptors (Lipinski definition) is 4. The highest BCUT2D eigenvalue weighted by Gasteiger charge is 2.29. The number of pyridine rings is 1. The summed E-state index contributed by atoms with van der Waals surface area (Å²) in [5, 5.41) is 0. The Morgan fingerprint density at radius 2 is 2.00 bits per heavy atom. The number of nitrogens with zero attached hydrogens (tertiary/aromatic N) is 2. The number of rotatable bonds is 4. The van der Waals surface area contributed by atoms with E-state index in [4.69, 9.17) is 4.74 Å². The first-order valence-electron chi connectivity index (χ1n) is 7.68. The molecular weight excluding hydrogens is 312 g/mol. The Balaban J connectivity index is 1.77. The van der Waals surface area contributed by atoms with Crippen molar-refractivity contribution < 1.29 is 13.2 Å². The molecule has 3 rings (SSSR count).